The second kappa shape index (κ2) is 10.5. The van der Waals surface area contributed by atoms with Crippen molar-refractivity contribution in [3.8, 4) is 0 Å². The fraction of sp³-hybridized carbons (Fsp3) is 0.633. The Balaban J connectivity index is 1.39. The molecule has 1 aliphatic heterocycles. The van der Waals surface area contributed by atoms with Crippen LogP contribution in [0, 0.1) is 29.1 Å². The summed E-state index contributed by atoms with van der Waals surface area (Å²) in [7, 11) is 0. The highest BCUT2D eigenvalue weighted by molar-refractivity contribution is 6.37. The van der Waals surface area contributed by atoms with Gasteiger partial charge in [0.25, 0.3) is 5.91 Å². The number of urea groups is 1. The number of carbonyl (C=O) groups excluding carboxylic acids is 5. The summed E-state index contributed by atoms with van der Waals surface area (Å²) < 4.78 is 0. The zero-order valence-electron chi connectivity index (χ0n) is 23.7. The second-order valence-electron chi connectivity index (χ2n) is 13.0. The summed E-state index contributed by atoms with van der Waals surface area (Å²) >= 11 is 0. The molecule has 0 aromatic heterocycles. The highest BCUT2D eigenvalue weighted by Gasteiger charge is 2.69. The first-order valence-electron chi connectivity index (χ1n) is 14.5. The Morgan fingerprint density at radius 1 is 1.00 bits per heavy atom. The Bertz CT molecular complexity index is 1200. The van der Waals surface area contributed by atoms with Crippen molar-refractivity contribution in [1.29, 1.82) is 0 Å². The first-order chi connectivity index (χ1) is 18.9. The third-order valence-electron chi connectivity index (χ3n) is 9.43. The molecule has 3 aliphatic carbocycles. The van der Waals surface area contributed by atoms with Gasteiger partial charge in [-0.25, -0.2) is 4.79 Å². The van der Waals surface area contributed by atoms with Crippen molar-refractivity contribution in [1.82, 2.24) is 20.9 Å². The maximum atomic E-state index is 14.3. The number of hydrogen-bond acceptors (Lipinski definition) is 5. The van der Waals surface area contributed by atoms with E-state index >= 15 is 0 Å². The highest BCUT2D eigenvalue weighted by Crippen LogP contribution is 2.65. The van der Waals surface area contributed by atoms with E-state index in [9.17, 15) is 24.0 Å². The minimum absolute atomic E-state index is 0.0763. The first-order valence-corrected chi connectivity index (χ1v) is 14.5. The fourth-order valence-corrected chi connectivity index (χ4v) is 6.99. The summed E-state index contributed by atoms with van der Waals surface area (Å²) in [6.07, 6.45) is 3.55. The molecule has 0 spiro atoms. The molecule has 1 unspecified atom stereocenters. The standard InChI is InChI=1S/C30H41N5O5/c1-15(2)32-29(40)34-23(19-12-17-7-5-6-8-18(17)13-19)28(39)35-14-20-22(30(20,3)4)24(35)27(38)33-21(11-16-9-10-16)25(36)26(31)37/h5-8,15-16,19-24H,9-14H2,1-4H3,(H2,31,37)(H,33,38)(H2,32,34,40)/t20-,21?,22-,23+,24+/m1/s1. The van der Waals surface area contributed by atoms with Crippen LogP contribution in [0.25, 0.3) is 0 Å². The molecule has 216 valence electrons. The van der Waals surface area contributed by atoms with Crippen LogP contribution in [0.5, 0.6) is 0 Å². The Kier molecular flexibility index (Phi) is 7.39. The molecule has 10 nitrogen and oxygen atoms in total. The Hall–Kier alpha value is -3.43. The predicted molar refractivity (Wildman–Crippen MR) is 148 cm³/mol. The molecule has 5 rings (SSSR count). The molecule has 5 N–H and O–H groups in total. The molecule has 5 amide bonds. The zero-order chi connectivity index (χ0) is 28.9. The van der Waals surface area contributed by atoms with Crippen LogP contribution in [0.15, 0.2) is 24.3 Å². The molecular weight excluding hydrogens is 510 g/mol. The van der Waals surface area contributed by atoms with Gasteiger partial charge in [-0.15, -0.1) is 0 Å². The van der Waals surface area contributed by atoms with Crippen molar-refractivity contribution in [2.45, 2.75) is 84.0 Å². The van der Waals surface area contributed by atoms with Gasteiger partial charge in [-0.1, -0.05) is 51.0 Å². The van der Waals surface area contributed by atoms with E-state index in [1.807, 2.05) is 38.1 Å². The number of carbonyl (C=O) groups is 5. The molecule has 1 heterocycles. The molecule has 0 bridgehead atoms. The summed E-state index contributed by atoms with van der Waals surface area (Å²) in [6, 6.07) is 4.89. The smallest absolute Gasteiger partial charge is 0.315 e. The second-order valence-corrected chi connectivity index (χ2v) is 13.0. The lowest BCUT2D eigenvalue weighted by Crippen LogP contribution is -2.60. The molecule has 1 aromatic carbocycles. The summed E-state index contributed by atoms with van der Waals surface area (Å²) in [5.74, 6) is -2.44. The van der Waals surface area contributed by atoms with E-state index < -0.39 is 41.8 Å². The van der Waals surface area contributed by atoms with Crippen molar-refractivity contribution >= 4 is 29.5 Å². The van der Waals surface area contributed by atoms with Gasteiger partial charge in [-0.2, -0.15) is 0 Å². The maximum Gasteiger partial charge on any atom is 0.315 e. The van der Waals surface area contributed by atoms with Crippen LogP contribution >= 0.6 is 0 Å². The van der Waals surface area contributed by atoms with Crippen LogP contribution in [0.4, 0.5) is 4.79 Å². The lowest BCUT2D eigenvalue weighted by Gasteiger charge is -2.35. The van der Waals surface area contributed by atoms with Crippen molar-refractivity contribution in [2.75, 3.05) is 6.54 Å². The van der Waals surface area contributed by atoms with Gasteiger partial charge in [0, 0.05) is 12.6 Å². The summed E-state index contributed by atoms with van der Waals surface area (Å²) in [5.41, 5.74) is 7.47. The number of rotatable bonds is 10. The topological polar surface area (TPSA) is 151 Å². The van der Waals surface area contributed by atoms with Crippen LogP contribution in [-0.4, -0.2) is 65.1 Å². The lowest BCUT2D eigenvalue weighted by molar-refractivity contribution is -0.144. The van der Waals surface area contributed by atoms with Crippen molar-refractivity contribution in [3.05, 3.63) is 35.4 Å². The van der Waals surface area contributed by atoms with Gasteiger partial charge in [0.2, 0.25) is 17.6 Å². The molecule has 2 saturated carbocycles. The van der Waals surface area contributed by atoms with Gasteiger partial charge in [0.15, 0.2) is 0 Å². The van der Waals surface area contributed by atoms with Crippen molar-refractivity contribution < 1.29 is 24.0 Å². The Labute approximate surface area is 235 Å². The van der Waals surface area contributed by atoms with Gasteiger partial charge < -0.3 is 26.6 Å². The number of benzene rings is 1. The minimum atomic E-state index is -1.07. The number of nitrogens with two attached hydrogens (primary N) is 1. The number of ketones is 1. The molecule has 40 heavy (non-hydrogen) atoms. The number of amides is 5. The highest BCUT2D eigenvalue weighted by atomic mass is 16.2. The third-order valence-corrected chi connectivity index (χ3v) is 9.43. The first kappa shape index (κ1) is 28.1. The van der Waals surface area contributed by atoms with Crippen LogP contribution in [0.2, 0.25) is 0 Å². The van der Waals surface area contributed by atoms with E-state index in [0.717, 1.165) is 24.0 Å². The quantitative estimate of drug-likeness (QED) is 0.323. The SMILES string of the molecule is CC(C)NC(=O)N[C@H](C(=O)N1C[C@@H]2[C@H]([C@H]1C(=O)NC(CC1CC1)C(=O)C(N)=O)C2(C)C)C1Cc2ccccc2C1. The van der Waals surface area contributed by atoms with E-state index in [0.29, 0.717) is 25.8 Å². The van der Waals surface area contributed by atoms with Crippen LogP contribution in [-0.2, 0) is 32.0 Å². The number of piperidine rings is 1. The lowest BCUT2D eigenvalue weighted by atomic mass is 9.93. The monoisotopic (exact) mass is 551 g/mol. The van der Waals surface area contributed by atoms with E-state index in [-0.39, 0.29) is 41.0 Å². The van der Waals surface area contributed by atoms with E-state index in [1.165, 1.54) is 0 Å². The Morgan fingerprint density at radius 2 is 1.62 bits per heavy atom. The molecule has 1 aromatic rings. The van der Waals surface area contributed by atoms with Crippen molar-refractivity contribution in [2.24, 2.45) is 34.8 Å². The molecule has 1 saturated heterocycles. The normalized spacial score (nSPS) is 25.9. The van der Waals surface area contributed by atoms with Gasteiger partial charge in [0.1, 0.15) is 12.1 Å². The van der Waals surface area contributed by atoms with Crippen LogP contribution in [0.1, 0.15) is 58.1 Å². The van der Waals surface area contributed by atoms with Gasteiger partial charge in [-0.3, -0.25) is 19.2 Å². The Morgan fingerprint density at radius 3 is 2.17 bits per heavy atom. The average molecular weight is 552 g/mol. The molecule has 10 heteroatoms. The number of primary amides is 1. The number of fused-ring (bicyclic) bond motifs is 2. The number of Topliss-reactive ketones (excluding diaryl/α,β-unsaturated/α-hetero) is 1. The molecule has 0 radical (unpaired) electrons. The van der Waals surface area contributed by atoms with Gasteiger partial charge in [0.05, 0.1) is 6.04 Å². The maximum absolute atomic E-state index is 14.3. The molecule has 4 aliphatic rings. The zero-order valence-corrected chi connectivity index (χ0v) is 23.7. The predicted octanol–water partition coefficient (Wildman–Crippen LogP) is 1.30. The minimum Gasteiger partial charge on any atom is -0.363 e. The number of nitrogens with one attached hydrogen (secondary N) is 3. The summed E-state index contributed by atoms with van der Waals surface area (Å²) in [4.78, 5) is 66.8. The summed E-state index contributed by atoms with van der Waals surface area (Å²) in [6.45, 7) is 8.27. The van der Waals surface area contributed by atoms with Crippen molar-refractivity contribution in [3.63, 3.8) is 0 Å². The van der Waals surface area contributed by atoms with Crippen LogP contribution < -0.4 is 21.7 Å². The van der Waals surface area contributed by atoms with E-state index in [4.69, 9.17) is 5.73 Å². The number of hydrogen-bond donors (Lipinski definition) is 4. The molecular formula is C30H41N5O5. The number of nitrogens with zero attached hydrogens (tertiary/aromatic N) is 1. The fourth-order valence-electron chi connectivity index (χ4n) is 6.99. The van der Waals surface area contributed by atoms with Crippen LogP contribution in [0.3, 0.4) is 0 Å². The molecule has 3 fully saturated rings. The molecule has 5 atom stereocenters. The van der Waals surface area contributed by atoms with Gasteiger partial charge in [-0.05, 0) is 73.3 Å². The number of likely N-dealkylation sites (tertiary alicyclic amines) is 1. The third kappa shape index (κ3) is 5.45. The largest absolute Gasteiger partial charge is 0.363 e. The van der Waals surface area contributed by atoms with E-state index in [1.54, 1.807) is 4.90 Å². The summed E-state index contributed by atoms with van der Waals surface area (Å²) in [5, 5.41) is 8.55. The average Bonchev–Trinajstić information content (AvgIpc) is 3.64. The van der Waals surface area contributed by atoms with E-state index in [2.05, 4.69) is 29.8 Å². The van der Waals surface area contributed by atoms with Gasteiger partial charge >= 0.3 is 6.03 Å².